The minimum Gasteiger partial charge on any atom is -0.136 e. The van der Waals surface area contributed by atoms with Crippen molar-refractivity contribution in [2.24, 2.45) is 0 Å². The molecule has 0 amide bonds. The maximum atomic E-state index is 3.95. The lowest BCUT2D eigenvalue weighted by Crippen LogP contribution is -1.92. The van der Waals surface area contributed by atoms with Crippen molar-refractivity contribution in [2.45, 2.75) is 6.92 Å². The Labute approximate surface area is 76.4 Å². The fraction of sp³-hybridized carbons (Fsp3) is 0.100. The molecular weight excluding hydrogens is 162 g/mol. The van der Waals surface area contributed by atoms with Gasteiger partial charge >= 0.3 is 0 Å². The van der Waals surface area contributed by atoms with E-state index in [2.05, 4.69) is 15.4 Å². The van der Waals surface area contributed by atoms with Gasteiger partial charge < -0.3 is 0 Å². The lowest BCUT2D eigenvalue weighted by Gasteiger charge is -1.98. The Kier molecular flexibility index (Phi) is 2.00. The van der Waals surface area contributed by atoms with E-state index < -0.39 is 0 Å². The Morgan fingerprint density at radius 3 is 2.46 bits per heavy atom. The van der Waals surface area contributed by atoms with Gasteiger partial charge in [-0.2, -0.15) is 0 Å². The molecule has 2 rings (SSSR count). The van der Waals surface area contributed by atoms with Gasteiger partial charge in [-0.3, -0.25) is 0 Å². The molecule has 0 saturated heterocycles. The van der Waals surface area contributed by atoms with Crippen molar-refractivity contribution in [2.75, 3.05) is 0 Å². The zero-order valence-corrected chi connectivity index (χ0v) is 7.31. The first-order chi connectivity index (χ1) is 6.36. The van der Waals surface area contributed by atoms with Crippen LogP contribution in [0.25, 0.3) is 11.3 Å². The fourth-order valence-electron chi connectivity index (χ4n) is 1.15. The molecule has 0 bridgehead atoms. The molecule has 0 aliphatic carbocycles. The van der Waals surface area contributed by atoms with Crippen molar-refractivity contribution in [3.63, 3.8) is 0 Å². The average Bonchev–Trinajstić information content (AvgIpc) is 2.19. The predicted molar refractivity (Wildman–Crippen MR) is 50.0 cm³/mol. The van der Waals surface area contributed by atoms with Gasteiger partial charge in [0.05, 0.1) is 11.4 Å². The molecule has 3 heteroatoms. The summed E-state index contributed by atoms with van der Waals surface area (Å²) in [5.41, 5.74) is 2.82. The maximum Gasteiger partial charge on any atom is 0.0966 e. The summed E-state index contributed by atoms with van der Waals surface area (Å²) in [6.07, 6.45) is 0. The number of hydrogen-bond donors (Lipinski definition) is 0. The van der Waals surface area contributed by atoms with Crippen LogP contribution in [0, 0.1) is 6.92 Å². The average molecular weight is 171 g/mol. The van der Waals surface area contributed by atoms with Crippen LogP contribution in [-0.2, 0) is 0 Å². The van der Waals surface area contributed by atoms with Crippen LogP contribution >= 0.6 is 0 Å². The van der Waals surface area contributed by atoms with E-state index in [0.29, 0.717) is 0 Å². The summed E-state index contributed by atoms with van der Waals surface area (Å²) < 4.78 is 0. The van der Waals surface area contributed by atoms with E-state index in [4.69, 9.17) is 0 Å². The highest BCUT2D eigenvalue weighted by Gasteiger charge is 1.98. The number of hydrogen-bond acceptors (Lipinski definition) is 3. The van der Waals surface area contributed by atoms with Crippen molar-refractivity contribution < 1.29 is 0 Å². The normalized spacial score (nSPS) is 9.92. The van der Waals surface area contributed by atoms with E-state index in [0.717, 1.165) is 17.0 Å². The Bertz CT molecular complexity index is 398. The second kappa shape index (κ2) is 3.31. The zero-order valence-electron chi connectivity index (χ0n) is 7.31. The molecule has 0 aliphatic rings. The summed E-state index contributed by atoms with van der Waals surface area (Å²) in [5.74, 6) is 0. The third kappa shape index (κ3) is 1.69. The van der Waals surface area contributed by atoms with Gasteiger partial charge in [0.25, 0.3) is 0 Å². The zero-order chi connectivity index (χ0) is 9.10. The van der Waals surface area contributed by atoms with Crippen LogP contribution in [0.5, 0.6) is 0 Å². The van der Waals surface area contributed by atoms with Gasteiger partial charge in [0.2, 0.25) is 0 Å². The molecule has 1 aromatic heterocycles. The highest BCUT2D eigenvalue weighted by atomic mass is 15.3. The van der Waals surface area contributed by atoms with Gasteiger partial charge in [0.15, 0.2) is 0 Å². The predicted octanol–water partition coefficient (Wildman–Crippen LogP) is 1.85. The molecule has 0 radical (unpaired) electrons. The maximum absolute atomic E-state index is 3.95. The minimum absolute atomic E-state index is 0.869. The number of benzene rings is 1. The monoisotopic (exact) mass is 171 g/mol. The molecule has 1 heterocycles. The molecule has 0 aliphatic heterocycles. The summed E-state index contributed by atoms with van der Waals surface area (Å²) in [6, 6.07) is 11.9. The number of aromatic nitrogens is 3. The Morgan fingerprint density at radius 2 is 1.77 bits per heavy atom. The van der Waals surface area contributed by atoms with Crippen molar-refractivity contribution in [3.05, 3.63) is 42.1 Å². The standard InChI is InChI=1S/C10H9N3/c1-8-7-10(12-13-11-8)9-5-3-2-4-6-9/h2-7H,1H3. The molecule has 2 aromatic rings. The van der Waals surface area contributed by atoms with Crippen LogP contribution in [0.2, 0.25) is 0 Å². The summed E-state index contributed by atoms with van der Waals surface area (Å²) in [6.45, 7) is 1.90. The molecule has 13 heavy (non-hydrogen) atoms. The van der Waals surface area contributed by atoms with E-state index in [1.165, 1.54) is 0 Å². The van der Waals surface area contributed by atoms with Crippen LogP contribution in [0.4, 0.5) is 0 Å². The summed E-state index contributed by atoms with van der Waals surface area (Å²) in [5, 5.41) is 11.4. The third-order valence-corrected chi connectivity index (χ3v) is 1.77. The lowest BCUT2D eigenvalue weighted by molar-refractivity contribution is 0.845. The lowest BCUT2D eigenvalue weighted by atomic mass is 10.1. The van der Waals surface area contributed by atoms with E-state index in [-0.39, 0.29) is 0 Å². The molecule has 0 unspecified atom stereocenters. The Hall–Kier alpha value is -1.77. The highest BCUT2D eigenvalue weighted by molar-refractivity contribution is 5.58. The molecule has 0 atom stereocenters. The van der Waals surface area contributed by atoms with Gasteiger partial charge in [0, 0.05) is 5.56 Å². The first kappa shape index (κ1) is 7.86. The van der Waals surface area contributed by atoms with Crippen LogP contribution in [-0.4, -0.2) is 15.4 Å². The Balaban J connectivity index is 2.48. The number of aryl methyl sites for hydroxylation is 1. The summed E-state index contributed by atoms with van der Waals surface area (Å²) >= 11 is 0. The van der Waals surface area contributed by atoms with E-state index in [1.54, 1.807) is 0 Å². The SMILES string of the molecule is Cc1cc(-c2ccccc2)nnn1. The number of rotatable bonds is 1. The van der Waals surface area contributed by atoms with Crippen molar-refractivity contribution >= 4 is 0 Å². The first-order valence-electron chi connectivity index (χ1n) is 4.09. The van der Waals surface area contributed by atoms with Gasteiger partial charge in [-0.25, -0.2) is 0 Å². The molecule has 1 aromatic carbocycles. The van der Waals surface area contributed by atoms with Crippen molar-refractivity contribution in [3.8, 4) is 11.3 Å². The fourth-order valence-corrected chi connectivity index (χ4v) is 1.15. The molecule has 0 fully saturated rings. The van der Waals surface area contributed by atoms with Crippen LogP contribution in [0.15, 0.2) is 36.4 Å². The molecule has 3 nitrogen and oxygen atoms in total. The third-order valence-electron chi connectivity index (χ3n) is 1.77. The van der Waals surface area contributed by atoms with Crippen molar-refractivity contribution in [1.82, 2.24) is 15.4 Å². The van der Waals surface area contributed by atoms with Crippen LogP contribution in [0.3, 0.4) is 0 Å². The summed E-state index contributed by atoms with van der Waals surface area (Å²) in [7, 11) is 0. The van der Waals surface area contributed by atoms with E-state index in [9.17, 15) is 0 Å². The minimum atomic E-state index is 0.869. The van der Waals surface area contributed by atoms with E-state index >= 15 is 0 Å². The molecular formula is C10H9N3. The molecule has 0 N–H and O–H groups in total. The second-order valence-electron chi connectivity index (χ2n) is 2.83. The molecule has 0 saturated carbocycles. The molecule has 64 valence electrons. The quantitative estimate of drug-likeness (QED) is 0.657. The van der Waals surface area contributed by atoms with Crippen molar-refractivity contribution in [1.29, 1.82) is 0 Å². The highest BCUT2D eigenvalue weighted by Crippen LogP contribution is 2.14. The number of nitrogens with zero attached hydrogens (tertiary/aromatic N) is 3. The first-order valence-corrected chi connectivity index (χ1v) is 4.09. The topological polar surface area (TPSA) is 38.7 Å². The molecule has 0 spiro atoms. The van der Waals surface area contributed by atoms with E-state index in [1.807, 2.05) is 43.3 Å². The van der Waals surface area contributed by atoms with Gasteiger partial charge in [0.1, 0.15) is 0 Å². The van der Waals surface area contributed by atoms with Gasteiger partial charge in [-0.1, -0.05) is 30.3 Å². The van der Waals surface area contributed by atoms with Gasteiger partial charge in [-0.05, 0) is 18.2 Å². The Morgan fingerprint density at radius 1 is 1.00 bits per heavy atom. The summed E-state index contributed by atoms with van der Waals surface area (Å²) in [4.78, 5) is 0. The van der Waals surface area contributed by atoms with Gasteiger partial charge in [-0.15, -0.1) is 10.2 Å². The smallest absolute Gasteiger partial charge is 0.0966 e. The van der Waals surface area contributed by atoms with Crippen LogP contribution < -0.4 is 0 Å². The van der Waals surface area contributed by atoms with Crippen LogP contribution in [0.1, 0.15) is 5.69 Å². The second-order valence-corrected chi connectivity index (χ2v) is 2.83. The largest absolute Gasteiger partial charge is 0.136 e.